The molecule has 0 unspecified atom stereocenters. The number of benzene rings is 1. The van der Waals surface area contributed by atoms with Gasteiger partial charge >= 0.3 is 0 Å². The molecule has 0 bridgehead atoms. The summed E-state index contributed by atoms with van der Waals surface area (Å²) in [4.78, 5) is -0.0875. The summed E-state index contributed by atoms with van der Waals surface area (Å²) in [5.41, 5.74) is 0.0327. The topological polar surface area (TPSA) is 66.4 Å². The van der Waals surface area contributed by atoms with Crippen molar-refractivity contribution in [2.24, 2.45) is 5.92 Å². The predicted octanol–water partition coefficient (Wildman–Crippen LogP) is 1.10. The number of nitrogens with one attached hydrogen (secondary N) is 1. The van der Waals surface area contributed by atoms with Crippen molar-refractivity contribution in [2.45, 2.75) is 18.7 Å². The zero-order valence-electron chi connectivity index (χ0n) is 10.8. The molecule has 19 heavy (non-hydrogen) atoms. The van der Waals surface area contributed by atoms with Crippen LogP contribution in [0.1, 0.15) is 19.4 Å². The Labute approximate surface area is 112 Å². The third-order valence-electron chi connectivity index (χ3n) is 2.21. The first kappa shape index (κ1) is 15.6. The molecule has 0 radical (unpaired) electrons. The molecule has 1 aromatic rings. The highest BCUT2D eigenvalue weighted by Crippen LogP contribution is 2.16. The van der Waals surface area contributed by atoms with Crippen LogP contribution in [0.2, 0.25) is 0 Å². The summed E-state index contributed by atoms with van der Waals surface area (Å²) in [5, 5.41) is 8.63. The van der Waals surface area contributed by atoms with Crippen LogP contribution in [0.3, 0.4) is 0 Å². The van der Waals surface area contributed by atoms with Gasteiger partial charge in [-0.3, -0.25) is 0 Å². The molecular formula is C13H16FNO3S. The Balaban J connectivity index is 3.18. The fourth-order valence-corrected chi connectivity index (χ4v) is 2.68. The van der Waals surface area contributed by atoms with Crippen LogP contribution >= 0.6 is 0 Å². The summed E-state index contributed by atoms with van der Waals surface area (Å²) in [7, 11) is -3.73. The normalized spacial score (nSPS) is 11.2. The minimum absolute atomic E-state index is 0.0327. The van der Waals surface area contributed by atoms with Crippen LogP contribution in [-0.4, -0.2) is 26.7 Å². The van der Waals surface area contributed by atoms with Gasteiger partial charge in [0.25, 0.3) is 0 Å². The van der Waals surface area contributed by atoms with Gasteiger partial charge < -0.3 is 5.11 Å². The largest absolute Gasteiger partial charge is 0.384 e. The maximum atomic E-state index is 13.1. The Bertz CT molecular complexity index is 600. The van der Waals surface area contributed by atoms with E-state index in [9.17, 15) is 12.8 Å². The van der Waals surface area contributed by atoms with Gasteiger partial charge in [0, 0.05) is 12.1 Å². The van der Waals surface area contributed by atoms with E-state index in [1.807, 2.05) is 13.8 Å². The van der Waals surface area contributed by atoms with Crippen molar-refractivity contribution in [3.63, 3.8) is 0 Å². The van der Waals surface area contributed by atoms with Gasteiger partial charge in [-0.25, -0.2) is 17.5 Å². The maximum Gasteiger partial charge on any atom is 0.241 e. The lowest BCUT2D eigenvalue weighted by atomic mass is 10.2. The van der Waals surface area contributed by atoms with E-state index in [-0.39, 0.29) is 22.9 Å². The van der Waals surface area contributed by atoms with Crippen LogP contribution in [0.5, 0.6) is 0 Å². The van der Waals surface area contributed by atoms with Crippen molar-refractivity contribution in [2.75, 3.05) is 13.2 Å². The van der Waals surface area contributed by atoms with Crippen molar-refractivity contribution >= 4 is 10.0 Å². The molecule has 1 rings (SSSR count). The molecule has 0 spiro atoms. The van der Waals surface area contributed by atoms with E-state index in [0.717, 1.165) is 12.1 Å². The fraction of sp³-hybridized carbons (Fsp3) is 0.385. The molecule has 0 aromatic heterocycles. The van der Waals surface area contributed by atoms with Crippen LogP contribution < -0.4 is 4.72 Å². The van der Waals surface area contributed by atoms with Crippen LogP contribution in [-0.2, 0) is 10.0 Å². The monoisotopic (exact) mass is 285 g/mol. The first-order valence-corrected chi connectivity index (χ1v) is 7.24. The highest BCUT2D eigenvalue weighted by molar-refractivity contribution is 7.89. The molecule has 6 heteroatoms. The Kier molecular flexibility index (Phi) is 5.48. The van der Waals surface area contributed by atoms with E-state index >= 15 is 0 Å². The summed E-state index contributed by atoms with van der Waals surface area (Å²) in [6.07, 6.45) is 0. The number of hydrogen-bond acceptors (Lipinski definition) is 3. The second-order valence-corrected chi connectivity index (χ2v) is 6.08. The lowest BCUT2D eigenvalue weighted by Gasteiger charge is -2.10. The molecule has 0 heterocycles. The number of sulfonamides is 1. The van der Waals surface area contributed by atoms with E-state index in [1.165, 1.54) is 6.07 Å². The first-order valence-electron chi connectivity index (χ1n) is 5.75. The summed E-state index contributed by atoms with van der Waals surface area (Å²) in [6.45, 7) is 3.61. The number of rotatable bonds is 4. The molecular weight excluding hydrogens is 269 g/mol. The average molecular weight is 285 g/mol. The molecule has 0 fully saturated rings. The molecule has 0 atom stereocenters. The summed E-state index contributed by atoms with van der Waals surface area (Å²) in [6, 6.07) is 3.26. The minimum Gasteiger partial charge on any atom is -0.384 e. The SMILES string of the molecule is CC(C)CNS(=O)(=O)c1ccc(F)cc1C#CCO. The Morgan fingerprint density at radius 1 is 1.42 bits per heavy atom. The van der Waals surface area contributed by atoms with Crippen molar-refractivity contribution in [1.82, 2.24) is 4.72 Å². The molecule has 0 aliphatic heterocycles. The molecule has 0 aliphatic carbocycles. The van der Waals surface area contributed by atoms with Crippen LogP contribution in [0, 0.1) is 23.6 Å². The van der Waals surface area contributed by atoms with E-state index in [2.05, 4.69) is 16.6 Å². The molecule has 0 saturated heterocycles. The summed E-state index contributed by atoms with van der Waals surface area (Å²) >= 11 is 0. The van der Waals surface area contributed by atoms with Crippen molar-refractivity contribution < 1.29 is 17.9 Å². The average Bonchev–Trinajstić information content (AvgIpc) is 2.34. The molecule has 0 aliphatic rings. The van der Waals surface area contributed by atoms with Gasteiger partial charge in [0.05, 0.1) is 4.90 Å². The Hall–Kier alpha value is -1.42. The molecule has 104 valence electrons. The summed E-state index contributed by atoms with van der Waals surface area (Å²) < 4.78 is 39.7. The standard InChI is InChI=1S/C13H16FNO3S/c1-10(2)9-15-19(17,18)13-6-5-12(14)8-11(13)4-3-7-16/h5-6,8,10,15-16H,7,9H2,1-2H3. The quantitative estimate of drug-likeness (QED) is 0.814. The number of hydrogen-bond donors (Lipinski definition) is 2. The third-order valence-corrected chi connectivity index (χ3v) is 3.70. The van der Waals surface area contributed by atoms with E-state index < -0.39 is 22.4 Å². The minimum atomic E-state index is -3.73. The zero-order valence-corrected chi connectivity index (χ0v) is 11.6. The van der Waals surface area contributed by atoms with E-state index in [0.29, 0.717) is 0 Å². The van der Waals surface area contributed by atoms with Crippen molar-refractivity contribution in [3.05, 3.63) is 29.6 Å². The highest BCUT2D eigenvalue weighted by Gasteiger charge is 2.18. The van der Waals surface area contributed by atoms with Gasteiger partial charge in [0.15, 0.2) is 0 Å². The lowest BCUT2D eigenvalue weighted by molar-refractivity contribution is 0.350. The van der Waals surface area contributed by atoms with Gasteiger partial charge in [-0.1, -0.05) is 25.7 Å². The van der Waals surface area contributed by atoms with Crippen LogP contribution in [0.4, 0.5) is 4.39 Å². The van der Waals surface area contributed by atoms with Gasteiger partial charge in [-0.15, -0.1) is 0 Å². The Morgan fingerprint density at radius 3 is 2.68 bits per heavy atom. The highest BCUT2D eigenvalue weighted by atomic mass is 32.2. The molecule has 4 nitrogen and oxygen atoms in total. The smallest absolute Gasteiger partial charge is 0.241 e. The van der Waals surface area contributed by atoms with Gasteiger partial charge in [0.1, 0.15) is 12.4 Å². The van der Waals surface area contributed by atoms with E-state index in [4.69, 9.17) is 5.11 Å². The van der Waals surface area contributed by atoms with Crippen LogP contribution in [0.15, 0.2) is 23.1 Å². The van der Waals surface area contributed by atoms with Gasteiger partial charge in [-0.2, -0.15) is 0 Å². The molecule has 0 amide bonds. The lowest BCUT2D eigenvalue weighted by Crippen LogP contribution is -2.28. The fourth-order valence-electron chi connectivity index (χ4n) is 1.32. The van der Waals surface area contributed by atoms with Gasteiger partial charge in [0.2, 0.25) is 10.0 Å². The zero-order chi connectivity index (χ0) is 14.5. The molecule has 2 N–H and O–H groups in total. The van der Waals surface area contributed by atoms with E-state index in [1.54, 1.807) is 0 Å². The Morgan fingerprint density at radius 2 is 2.11 bits per heavy atom. The molecule has 1 aromatic carbocycles. The number of aliphatic hydroxyl groups excluding tert-OH is 1. The first-order chi connectivity index (χ1) is 8.86. The van der Waals surface area contributed by atoms with Crippen molar-refractivity contribution in [1.29, 1.82) is 0 Å². The van der Waals surface area contributed by atoms with Crippen molar-refractivity contribution in [3.8, 4) is 11.8 Å². The molecule has 0 saturated carbocycles. The third kappa shape index (κ3) is 4.63. The van der Waals surface area contributed by atoms with Crippen LogP contribution in [0.25, 0.3) is 0 Å². The number of aliphatic hydroxyl groups is 1. The summed E-state index contributed by atoms with van der Waals surface area (Å²) in [5.74, 6) is 4.33. The number of halogens is 1. The second kappa shape index (κ2) is 6.66. The second-order valence-electron chi connectivity index (χ2n) is 4.35. The maximum absolute atomic E-state index is 13.1. The predicted molar refractivity (Wildman–Crippen MR) is 70.4 cm³/mol. The van der Waals surface area contributed by atoms with Gasteiger partial charge in [-0.05, 0) is 24.1 Å².